The molecule has 2 aromatic rings. The Balaban J connectivity index is 1.89. The van der Waals surface area contributed by atoms with Gasteiger partial charge >= 0.3 is 0 Å². The maximum atomic E-state index is 12.2. The van der Waals surface area contributed by atoms with Crippen LogP contribution in [-0.4, -0.2) is 21.7 Å². The van der Waals surface area contributed by atoms with Crippen LogP contribution in [0.4, 0.5) is 5.69 Å². The zero-order chi connectivity index (χ0) is 15.5. The van der Waals surface area contributed by atoms with Crippen LogP contribution in [0.2, 0.25) is 0 Å². The second-order valence-corrected chi connectivity index (χ2v) is 6.26. The molecule has 5 heteroatoms. The second kappa shape index (κ2) is 4.29. The molecule has 2 heterocycles. The molecular formula is C17H17N3O2. The highest BCUT2D eigenvalue weighted by Gasteiger charge is 2.47. The Morgan fingerprint density at radius 1 is 1.36 bits per heavy atom. The molecule has 1 aromatic carbocycles. The van der Waals surface area contributed by atoms with Crippen molar-refractivity contribution in [1.82, 2.24) is 9.97 Å². The lowest BCUT2D eigenvalue weighted by Gasteiger charge is -2.17. The number of rotatable bonds is 2. The van der Waals surface area contributed by atoms with Gasteiger partial charge in [0.1, 0.15) is 17.0 Å². The number of benzene rings is 1. The van der Waals surface area contributed by atoms with Crippen LogP contribution in [0.15, 0.2) is 18.2 Å². The van der Waals surface area contributed by atoms with Gasteiger partial charge < -0.3 is 10.3 Å². The van der Waals surface area contributed by atoms with E-state index < -0.39 is 5.41 Å². The topological polar surface area (TPSA) is 74.8 Å². The molecular weight excluding hydrogens is 278 g/mol. The van der Waals surface area contributed by atoms with Crippen LogP contribution in [0.3, 0.4) is 0 Å². The molecule has 1 aromatic heterocycles. The number of aromatic amines is 1. The summed E-state index contributed by atoms with van der Waals surface area (Å²) in [5.74, 6) is 0.481. The molecule has 1 aliphatic carbocycles. The molecule has 0 spiro atoms. The molecule has 5 nitrogen and oxygen atoms in total. The number of carbonyl (C=O) groups excluding carboxylic acids is 2. The van der Waals surface area contributed by atoms with Gasteiger partial charge in [0.25, 0.3) is 0 Å². The molecule has 2 N–H and O–H groups in total. The Labute approximate surface area is 127 Å². The quantitative estimate of drug-likeness (QED) is 0.836. The standard InChI is InChI=1S/C17H17N3O2/c1-9(21)17(2)11-7-13-14(8-12(11)20-16(17)22)19-15(18-13)10-5-3-4-6-10/h5,7-8H,3-4,6H2,1-2H3,(H,18,19)(H,20,22). The first-order valence-corrected chi connectivity index (χ1v) is 7.56. The Bertz CT molecular complexity index is 862. The number of imidazole rings is 1. The van der Waals surface area contributed by atoms with E-state index in [0.717, 1.165) is 35.3 Å². The fourth-order valence-corrected chi connectivity index (χ4v) is 3.33. The van der Waals surface area contributed by atoms with Crippen LogP contribution >= 0.6 is 0 Å². The van der Waals surface area contributed by atoms with Gasteiger partial charge in [-0.05, 0) is 50.8 Å². The molecule has 4 rings (SSSR count). The van der Waals surface area contributed by atoms with Gasteiger partial charge in [0.2, 0.25) is 5.91 Å². The van der Waals surface area contributed by atoms with Gasteiger partial charge in [-0.25, -0.2) is 4.98 Å². The van der Waals surface area contributed by atoms with Gasteiger partial charge in [0.15, 0.2) is 0 Å². The molecule has 1 amide bonds. The average Bonchev–Trinajstić information content (AvgIpc) is 3.17. The summed E-state index contributed by atoms with van der Waals surface area (Å²) >= 11 is 0. The van der Waals surface area contributed by atoms with E-state index in [2.05, 4.69) is 21.4 Å². The van der Waals surface area contributed by atoms with E-state index in [4.69, 9.17) is 0 Å². The third-order valence-electron chi connectivity index (χ3n) is 4.91. The van der Waals surface area contributed by atoms with Crippen LogP contribution in [0.1, 0.15) is 44.5 Å². The predicted octanol–water partition coefficient (Wildman–Crippen LogP) is 2.93. The van der Waals surface area contributed by atoms with Gasteiger partial charge in [-0.2, -0.15) is 0 Å². The third-order valence-corrected chi connectivity index (χ3v) is 4.91. The van der Waals surface area contributed by atoms with Gasteiger partial charge in [0.05, 0.1) is 11.0 Å². The number of carbonyl (C=O) groups is 2. The van der Waals surface area contributed by atoms with Crippen molar-refractivity contribution >= 4 is 34.0 Å². The van der Waals surface area contributed by atoms with Gasteiger partial charge in [-0.1, -0.05) is 6.08 Å². The number of allylic oxidation sites excluding steroid dienone is 2. The van der Waals surface area contributed by atoms with Crippen molar-refractivity contribution in [3.05, 3.63) is 29.6 Å². The summed E-state index contributed by atoms with van der Waals surface area (Å²) in [6.45, 7) is 3.14. The molecule has 0 radical (unpaired) electrons. The Kier molecular flexibility index (Phi) is 2.58. The summed E-state index contributed by atoms with van der Waals surface area (Å²) in [6.07, 6.45) is 5.52. The van der Waals surface area contributed by atoms with E-state index in [1.165, 1.54) is 18.9 Å². The lowest BCUT2D eigenvalue weighted by atomic mass is 9.80. The van der Waals surface area contributed by atoms with E-state index in [-0.39, 0.29) is 11.7 Å². The number of nitrogens with one attached hydrogen (secondary N) is 2. The fraction of sp³-hybridized carbons (Fsp3) is 0.353. The van der Waals surface area contributed by atoms with Crippen LogP contribution in [0.5, 0.6) is 0 Å². The molecule has 2 aliphatic rings. The average molecular weight is 295 g/mol. The molecule has 22 heavy (non-hydrogen) atoms. The number of fused-ring (bicyclic) bond motifs is 2. The van der Waals surface area contributed by atoms with Crippen molar-refractivity contribution in [3.63, 3.8) is 0 Å². The van der Waals surface area contributed by atoms with Gasteiger partial charge in [-0.3, -0.25) is 9.59 Å². The smallest absolute Gasteiger partial charge is 0.242 e. The molecule has 1 atom stereocenters. The largest absolute Gasteiger partial charge is 0.338 e. The zero-order valence-electron chi connectivity index (χ0n) is 12.6. The summed E-state index contributed by atoms with van der Waals surface area (Å²) in [6, 6.07) is 3.74. The van der Waals surface area contributed by atoms with Gasteiger partial charge in [0, 0.05) is 11.3 Å². The van der Waals surface area contributed by atoms with E-state index in [1.54, 1.807) is 6.92 Å². The number of hydrogen-bond acceptors (Lipinski definition) is 3. The number of hydrogen-bond donors (Lipinski definition) is 2. The number of anilines is 1. The van der Waals surface area contributed by atoms with Crippen molar-refractivity contribution in [2.75, 3.05) is 5.32 Å². The first-order chi connectivity index (χ1) is 10.5. The maximum absolute atomic E-state index is 12.2. The van der Waals surface area contributed by atoms with E-state index in [0.29, 0.717) is 5.69 Å². The minimum atomic E-state index is -1.11. The number of H-pyrrole nitrogens is 1. The van der Waals surface area contributed by atoms with Crippen molar-refractivity contribution in [1.29, 1.82) is 0 Å². The molecule has 1 unspecified atom stereocenters. The number of Topliss-reactive ketones (excluding diaryl/α,β-unsaturated/α-hetero) is 1. The Hall–Kier alpha value is -2.43. The van der Waals surface area contributed by atoms with E-state index in [1.807, 2.05) is 12.1 Å². The van der Waals surface area contributed by atoms with Crippen LogP contribution in [-0.2, 0) is 15.0 Å². The van der Waals surface area contributed by atoms with Gasteiger partial charge in [-0.15, -0.1) is 0 Å². The Morgan fingerprint density at radius 3 is 2.86 bits per heavy atom. The molecule has 0 bridgehead atoms. The lowest BCUT2D eigenvalue weighted by Crippen LogP contribution is -2.37. The first-order valence-electron chi connectivity index (χ1n) is 7.56. The fourth-order valence-electron chi connectivity index (χ4n) is 3.33. The van der Waals surface area contributed by atoms with Crippen LogP contribution < -0.4 is 5.32 Å². The minimum Gasteiger partial charge on any atom is -0.338 e. The van der Waals surface area contributed by atoms with Crippen LogP contribution in [0, 0.1) is 0 Å². The normalized spacial score (nSPS) is 23.5. The SMILES string of the molecule is CC(=O)C1(C)C(=O)Nc2cc3nc(C4=CCCC4)[nH]c3cc21. The first kappa shape index (κ1) is 13.2. The predicted molar refractivity (Wildman–Crippen MR) is 84.6 cm³/mol. The number of ketones is 1. The minimum absolute atomic E-state index is 0.152. The molecule has 0 fully saturated rings. The summed E-state index contributed by atoms with van der Waals surface area (Å²) < 4.78 is 0. The summed E-state index contributed by atoms with van der Waals surface area (Å²) in [5.41, 5.74) is 3.23. The second-order valence-electron chi connectivity index (χ2n) is 6.26. The third kappa shape index (κ3) is 1.62. The highest BCUT2D eigenvalue weighted by Crippen LogP contribution is 2.40. The highest BCUT2D eigenvalue weighted by atomic mass is 16.2. The summed E-state index contributed by atoms with van der Waals surface area (Å²) in [7, 11) is 0. The molecule has 0 saturated carbocycles. The number of aromatic nitrogens is 2. The lowest BCUT2D eigenvalue weighted by molar-refractivity contribution is -0.130. The summed E-state index contributed by atoms with van der Waals surface area (Å²) in [5, 5.41) is 2.81. The molecule has 0 saturated heterocycles. The molecule has 112 valence electrons. The van der Waals surface area contributed by atoms with E-state index >= 15 is 0 Å². The monoisotopic (exact) mass is 295 g/mol. The van der Waals surface area contributed by atoms with Crippen molar-refractivity contribution in [2.45, 2.75) is 38.5 Å². The van der Waals surface area contributed by atoms with Crippen molar-refractivity contribution < 1.29 is 9.59 Å². The highest BCUT2D eigenvalue weighted by molar-refractivity contribution is 6.21. The zero-order valence-corrected chi connectivity index (χ0v) is 12.6. The van der Waals surface area contributed by atoms with Crippen molar-refractivity contribution in [3.8, 4) is 0 Å². The van der Waals surface area contributed by atoms with E-state index in [9.17, 15) is 9.59 Å². The Morgan fingerprint density at radius 2 is 2.18 bits per heavy atom. The number of amides is 1. The maximum Gasteiger partial charge on any atom is 0.242 e. The van der Waals surface area contributed by atoms with Crippen molar-refractivity contribution in [2.24, 2.45) is 0 Å². The van der Waals surface area contributed by atoms with Crippen LogP contribution in [0.25, 0.3) is 16.6 Å². The molecule has 1 aliphatic heterocycles. The summed E-state index contributed by atoms with van der Waals surface area (Å²) in [4.78, 5) is 32.2. The number of nitrogens with zero attached hydrogens (tertiary/aromatic N) is 1.